The van der Waals surface area contributed by atoms with Gasteiger partial charge in [0, 0.05) is 5.69 Å². The number of hydrogen-bond donors (Lipinski definition) is 2. The molecule has 98 valence electrons. The second-order valence-corrected chi connectivity index (χ2v) is 4.53. The second-order valence-electron chi connectivity index (χ2n) is 4.53. The Morgan fingerprint density at radius 2 is 1.60 bits per heavy atom. The molecule has 0 heterocycles. The molecule has 0 aliphatic rings. The number of fused-ring (bicyclic) bond motifs is 1. The summed E-state index contributed by atoms with van der Waals surface area (Å²) in [5, 5.41) is 14.2. The zero-order valence-corrected chi connectivity index (χ0v) is 10.7. The van der Waals surface area contributed by atoms with Crippen molar-refractivity contribution in [2.45, 2.75) is 0 Å². The lowest BCUT2D eigenvalue weighted by atomic mass is 10.0. The average molecular weight is 263 g/mol. The van der Waals surface area contributed by atoms with Gasteiger partial charge in [0.25, 0.3) is 5.91 Å². The first-order chi connectivity index (χ1) is 9.74. The smallest absolute Gasteiger partial charge is 0.256 e. The van der Waals surface area contributed by atoms with Crippen LogP contribution in [0.3, 0.4) is 0 Å². The fourth-order valence-electron chi connectivity index (χ4n) is 2.20. The van der Waals surface area contributed by atoms with Crippen LogP contribution >= 0.6 is 0 Å². The summed E-state index contributed by atoms with van der Waals surface area (Å²) in [6.45, 7) is 0. The van der Waals surface area contributed by atoms with Gasteiger partial charge in [0.15, 0.2) is 0 Å². The molecule has 0 aromatic heterocycles. The van der Waals surface area contributed by atoms with E-state index >= 15 is 0 Å². The van der Waals surface area contributed by atoms with Crippen LogP contribution in [0, 0.1) is 0 Å². The van der Waals surface area contributed by atoms with Gasteiger partial charge < -0.3 is 10.4 Å². The molecule has 0 saturated carbocycles. The van der Waals surface area contributed by atoms with Gasteiger partial charge >= 0.3 is 0 Å². The van der Waals surface area contributed by atoms with Crippen molar-refractivity contribution in [1.82, 2.24) is 0 Å². The molecular weight excluding hydrogens is 250 g/mol. The van der Waals surface area contributed by atoms with E-state index in [4.69, 9.17) is 0 Å². The number of amides is 1. The van der Waals surface area contributed by atoms with Crippen LogP contribution in [0.4, 0.5) is 5.69 Å². The second kappa shape index (κ2) is 5.05. The van der Waals surface area contributed by atoms with Gasteiger partial charge in [-0.1, -0.05) is 42.5 Å². The summed E-state index contributed by atoms with van der Waals surface area (Å²) in [5.41, 5.74) is 1.19. The molecule has 3 heteroatoms. The summed E-state index contributed by atoms with van der Waals surface area (Å²) in [7, 11) is 0. The molecule has 0 atom stereocenters. The van der Waals surface area contributed by atoms with Crippen LogP contribution < -0.4 is 5.32 Å². The maximum atomic E-state index is 12.4. The quantitative estimate of drug-likeness (QED) is 0.738. The van der Waals surface area contributed by atoms with Crippen LogP contribution in [0.25, 0.3) is 10.8 Å². The predicted octanol–water partition coefficient (Wildman–Crippen LogP) is 3.80. The molecule has 0 aliphatic carbocycles. The van der Waals surface area contributed by atoms with E-state index in [2.05, 4.69) is 5.32 Å². The molecule has 3 nitrogen and oxygen atoms in total. The number of benzene rings is 3. The summed E-state index contributed by atoms with van der Waals surface area (Å²) < 4.78 is 0. The van der Waals surface area contributed by atoms with Crippen molar-refractivity contribution < 1.29 is 9.90 Å². The van der Waals surface area contributed by atoms with E-state index in [-0.39, 0.29) is 11.7 Å². The molecule has 3 aromatic rings. The Bertz CT molecular complexity index is 766. The molecule has 0 saturated heterocycles. The fraction of sp³-hybridized carbons (Fsp3) is 0. The molecule has 2 N–H and O–H groups in total. The number of para-hydroxylation sites is 1. The van der Waals surface area contributed by atoms with Gasteiger partial charge in [-0.05, 0) is 35.0 Å². The van der Waals surface area contributed by atoms with E-state index in [0.29, 0.717) is 5.56 Å². The molecule has 20 heavy (non-hydrogen) atoms. The molecule has 0 spiro atoms. The van der Waals surface area contributed by atoms with Crippen molar-refractivity contribution in [2.75, 3.05) is 5.32 Å². The Labute approximate surface area is 116 Å². The van der Waals surface area contributed by atoms with Crippen LogP contribution in [0.1, 0.15) is 10.4 Å². The van der Waals surface area contributed by atoms with Gasteiger partial charge in [-0.15, -0.1) is 0 Å². The van der Waals surface area contributed by atoms with Crippen molar-refractivity contribution in [3.63, 3.8) is 0 Å². The minimum absolute atomic E-state index is 0.0851. The van der Waals surface area contributed by atoms with E-state index < -0.39 is 0 Å². The number of phenolic OH excluding ortho intramolecular Hbond substituents is 1. The summed E-state index contributed by atoms with van der Waals surface area (Å²) in [5.74, 6) is -0.148. The largest absolute Gasteiger partial charge is 0.508 e. The van der Waals surface area contributed by atoms with Crippen LogP contribution in [0.5, 0.6) is 5.75 Å². The Balaban J connectivity index is 2.03. The normalized spacial score (nSPS) is 10.4. The molecule has 0 radical (unpaired) electrons. The molecule has 0 fully saturated rings. The molecule has 0 aliphatic heterocycles. The summed E-state index contributed by atoms with van der Waals surface area (Å²) in [4.78, 5) is 12.4. The van der Waals surface area contributed by atoms with Crippen LogP contribution in [-0.4, -0.2) is 11.0 Å². The average Bonchev–Trinajstić information content (AvgIpc) is 2.47. The molecule has 3 aromatic carbocycles. The van der Waals surface area contributed by atoms with Crippen molar-refractivity contribution in [1.29, 1.82) is 0 Å². The number of nitrogens with one attached hydrogen (secondary N) is 1. The van der Waals surface area contributed by atoms with Crippen molar-refractivity contribution in [3.8, 4) is 5.75 Å². The van der Waals surface area contributed by atoms with Gasteiger partial charge in [-0.2, -0.15) is 0 Å². The highest BCUT2D eigenvalue weighted by Gasteiger charge is 2.11. The monoisotopic (exact) mass is 263 g/mol. The lowest BCUT2D eigenvalue weighted by molar-refractivity contribution is 0.102. The van der Waals surface area contributed by atoms with Crippen LogP contribution in [0.2, 0.25) is 0 Å². The third kappa shape index (κ3) is 2.34. The Hall–Kier alpha value is -2.81. The highest BCUT2D eigenvalue weighted by Crippen LogP contribution is 2.25. The Kier molecular flexibility index (Phi) is 3.09. The Morgan fingerprint density at radius 3 is 2.40 bits per heavy atom. The molecule has 1 amide bonds. The van der Waals surface area contributed by atoms with Crippen molar-refractivity contribution in [3.05, 3.63) is 72.3 Å². The van der Waals surface area contributed by atoms with Crippen LogP contribution in [-0.2, 0) is 0 Å². The number of rotatable bonds is 2. The van der Waals surface area contributed by atoms with E-state index in [9.17, 15) is 9.90 Å². The zero-order valence-electron chi connectivity index (χ0n) is 10.7. The summed E-state index contributed by atoms with van der Waals surface area (Å²) in [6.07, 6.45) is 0. The number of carbonyl (C=O) groups is 1. The van der Waals surface area contributed by atoms with Gasteiger partial charge in [0.05, 0.1) is 5.56 Å². The standard InChI is InChI=1S/C17H13NO2/c19-14-10-12-6-4-5-9-15(12)16(11-14)17(20)18-13-7-2-1-3-8-13/h1-11,19H,(H,18,20). The third-order valence-corrected chi connectivity index (χ3v) is 3.12. The van der Waals surface area contributed by atoms with E-state index in [1.54, 1.807) is 6.07 Å². The highest BCUT2D eigenvalue weighted by atomic mass is 16.3. The fourth-order valence-corrected chi connectivity index (χ4v) is 2.20. The maximum Gasteiger partial charge on any atom is 0.256 e. The number of hydrogen-bond acceptors (Lipinski definition) is 2. The Morgan fingerprint density at radius 1 is 0.900 bits per heavy atom. The van der Waals surface area contributed by atoms with Crippen LogP contribution in [0.15, 0.2) is 66.7 Å². The first-order valence-electron chi connectivity index (χ1n) is 6.32. The lowest BCUT2D eigenvalue weighted by Gasteiger charge is -2.09. The maximum absolute atomic E-state index is 12.4. The molecular formula is C17H13NO2. The molecule has 0 bridgehead atoms. The van der Waals surface area contributed by atoms with E-state index in [1.165, 1.54) is 6.07 Å². The number of phenols is 1. The first-order valence-corrected chi connectivity index (χ1v) is 6.32. The highest BCUT2D eigenvalue weighted by molar-refractivity contribution is 6.13. The van der Waals surface area contributed by atoms with E-state index in [0.717, 1.165) is 16.5 Å². The topological polar surface area (TPSA) is 49.3 Å². The summed E-state index contributed by atoms with van der Waals surface area (Å²) in [6, 6.07) is 19.9. The van der Waals surface area contributed by atoms with Gasteiger partial charge in [-0.25, -0.2) is 0 Å². The van der Waals surface area contributed by atoms with Gasteiger partial charge in [0.2, 0.25) is 0 Å². The molecule has 0 unspecified atom stereocenters. The third-order valence-electron chi connectivity index (χ3n) is 3.12. The minimum Gasteiger partial charge on any atom is -0.508 e. The van der Waals surface area contributed by atoms with Crippen molar-refractivity contribution in [2.24, 2.45) is 0 Å². The lowest BCUT2D eigenvalue weighted by Crippen LogP contribution is -2.12. The number of aromatic hydroxyl groups is 1. The van der Waals surface area contributed by atoms with E-state index in [1.807, 2.05) is 54.6 Å². The summed E-state index contributed by atoms with van der Waals surface area (Å²) >= 11 is 0. The number of anilines is 1. The van der Waals surface area contributed by atoms with Crippen molar-refractivity contribution >= 4 is 22.4 Å². The molecule has 3 rings (SSSR count). The minimum atomic E-state index is -0.233. The zero-order chi connectivity index (χ0) is 13.9. The SMILES string of the molecule is O=C(Nc1ccccc1)c1cc(O)cc2ccccc12. The van der Waals surface area contributed by atoms with Gasteiger partial charge in [0.1, 0.15) is 5.75 Å². The first kappa shape index (κ1) is 12.2. The number of carbonyl (C=O) groups excluding carboxylic acids is 1. The predicted molar refractivity (Wildman–Crippen MR) is 80.0 cm³/mol. The van der Waals surface area contributed by atoms with Gasteiger partial charge in [-0.3, -0.25) is 4.79 Å².